The number of carbonyl (C=O) groups excluding carboxylic acids is 1. The first kappa shape index (κ1) is 14.9. The number of carboxylic acids is 1. The molecule has 5 heteroatoms. The van der Waals surface area contributed by atoms with Gasteiger partial charge in [0.25, 0.3) is 5.91 Å². The summed E-state index contributed by atoms with van der Waals surface area (Å²) in [6.45, 7) is 1.83. The molecule has 1 aliphatic rings. The van der Waals surface area contributed by atoms with Gasteiger partial charge in [-0.15, -0.1) is 0 Å². The molecule has 1 fully saturated rings. The van der Waals surface area contributed by atoms with Crippen molar-refractivity contribution in [3.8, 4) is 0 Å². The molecule has 0 spiro atoms. The molecule has 0 bridgehead atoms. The molecule has 2 rings (SSSR count). The van der Waals surface area contributed by atoms with E-state index < -0.39 is 11.9 Å². The fraction of sp³-hybridized carbons (Fsp3) is 0.467. The molecule has 108 valence electrons. The first-order chi connectivity index (χ1) is 9.49. The van der Waals surface area contributed by atoms with Gasteiger partial charge in [-0.25, -0.2) is 0 Å². The Kier molecular flexibility index (Phi) is 4.65. The maximum Gasteiger partial charge on any atom is 0.308 e. The van der Waals surface area contributed by atoms with E-state index in [0.29, 0.717) is 17.0 Å². The fourth-order valence-electron chi connectivity index (χ4n) is 2.64. The molecule has 1 aromatic carbocycles. The molecule has 0 saturated heterocycles. The number of carboxylic acid groups (broad SMARTS) is 1. The first-order valence-corrected chi connectivity index (χ1v) is 7.16. The van der Waals surface area contributed by atoms with Gasteiger partial charge >= 0.3 is 5.97 Å². The van der Waals surface area contributed by atoms with Gasteiger partial charge in [-0.05, 0) is 43.5 Å². The minimum Gasteiger partial charge on any atom is -0.481 e. The maximum atomic E-state index is 12.2. The molecule has 0 aliphatic heterocycles. The molecule has 1 saturated carbocycles. The molecule has 0 aromatic heterocycles. The van der Waals surface area contributed by atoms with Crippen LogP contribution >= 0.6 is 11.6 Å². The predicted molar refractivity (Wildman–Crippen MR) is 77.0 cm³/mol. The van der Waals surface area contributed by atoms with Crippen molar-refractivity contribution in [2.45, 2.75) is 38.6 Å². The highest BCUT2D eigenvalue weighted by atomic mass is 35.5. The van der Waals surface area contributed by atoms with Crippen LogP contribution in [-0.2, 0) is 4.79 Å². The number of hydrogen-bond donors (Lipinski definition) is 2. The van der Waals surface area contributed by atoms with Crippen LogP contribution in [0.15, 0.2) is 18.2 Å². The van der Waals surface area contributed by atoms with Crippen LogP contribution in [0.5, 0.6) is 0 Å². The lowest BCUT2D eigenvalue weighted by Gasteiger charge is -2.29. The summed E-state index contributed by atoms with van der Waals surface area (Å²) in [4.78, 5) is 23.4. The molecule has 1 amide bonds. The quantitative estimate of drug-likeness (QED) is 0.901. The molecular formula is C15H18ClNO3. The van der Waals surface area contributed by atoms with Crippen LogP contribution in [0, 0.1) is 12.8 Å². The van der Waals surface area contributed by atoms with Gasteiger partial charge in [-0.1, -0.05) is 24.4 Å². The maximum absolute atomic E-state index is 12.2. The van der Waals surface area contributed by atoms with Gasteiger partial charge in [0, 0.05) is 16.6 Å². The van der Waals surface area contributed by atoms with Crippen LogP contribution in [-0.4, -0.2) is 23.0 Å². The van der Waals surface area contributed by atoms with E-state index in [1.807, 2.05) is 6.92 Å². The van der Waals surface area contributed by atoms with Crippen LogP contribution in [0.2, 0.25) is 5.02 Å². The zero-order valence-corrected chi connectivity index (χ0v) is 12.1. The van der Waals surface area contributed by atoms with E-state index in [0.717, 1.165) is 24.8 Å². The summed E-state index contributed by atoms with van der Waals surface area (Å²) in [6, 6.07) is 4.77. The Morgan fingerprint density at radius 2 is 2.00 bits per heavy atom. The number of hydrogen-bond acceptors (Lipinski definition) is 2. The molecule has 1 aromatic rings. The number of carbonyl (C=O) groups is 2. The fourth-order valence-corrected chi connectivity index (χ4v) is 2.75. The van der Waals surface area contributed by atoms with Crippen LogP contribution in [0.25, 0.3) is 0 Å². The van der Waals surface area contributed by atoms with Crippen molar-refractivity contribution in [2.24, 2.45) is 5.92 Å². The molecule has 20 heavy (non-hydrogen) atoms. The summed E-state index contributed by atoms with van der Waals surface area (Å²) in [7, 11) is 0. The topological polar surface area (TPSA) is 66.4 Å². The average Bonchev–Trinajstić information content (AvgIpc) is 2.42. The van der Waals surface area contributed by atoms with E-state index in [4.69, 9.17) is 11.6 Å². The van der Waals surface area contributed by atoms with Gasteiger partial charge in [-0.2, -0.15) is 0 Å². The van der Waals surface area contributed by atoms with Crippen molar-refractivity contribution in [1.82, 2.24) is 5.32 Å². The number of benzene rings is 1. The smallest absolute Gasteiger partial charge is 0.308 e. The van der Waals surface area contributed by atoms with Crippen molar-refractivity contribution in [3.05, 3.63) is 34.3 Å². The summed E-state index contributed by atoms with van der Waals surface area (Å²) < 4.78 is 0. The Labute approximate surface area is 123 Å². The third-order valence-electron chi connectivity index (χ3n) is 3.82. The van der Waals surface area contributed by atoms with Crippen LogP contribution in [0.4, 0.5) is 0 Å². The highest BCUT2D eigenvalue weighted by molar-refractivity contribution is 6.31. The van der Waals surface area contributed by atoms with E-state index in [2.05, 4.69) is 5.32 Å². The van der Waals surface area contributed by atoms with Gasteiger partial charge in [0.15, 0.2) is 0 Å². The minimum atomic E-state index is -0.831. The number of aryl methyl sites for hydroxylation is 1. The lowest BCUT2D eigenvalue weighted by Crippen LogP contribution is -2.45. The third-order valence-corrected chi connectivity index (χ3v) is 4.24. The highest BCUT2D eigenvalue weighted by Gasteiger charge is 2.31. The van der Waals surface area contributed by atoms with Crippen molar-refractivity contribution >= 4 is 23.5 Å². The Morgan fingerprint density at radius 1 is 1.30 bits per heavy atom. The zero-order chi connectivity index (χ0) is 14.7. The molecule has 4 nitrogen and oxygen atoms in total. The molecule has 1 aliphatic carbocycles. The summed E-state index contributed by atoms with van der Waals surface area (Å²) in [5, 5.41) is 12.7. The number of halogens is 1. The second-order valence-electron chi connectivity index (χ2n) is 5.27. The largest absolute Gasteiger partial charge is 0.481 e. The van der Waals surface area contributed by atoms with Crippen LogP contribution in [0.3, 0.4) is 0 Å². The third kappa shape index (κ3) is 3.31. The average molecular weight is 296 g/mol. The predicted octanol–water partition coefficient (Wildman–Crippen LogP) is 3.02. The zero-order valence-electron chi connectivity index (χ0n) is 11.4. The van der Waals surface area contributed by atoms with Crippen molar-refractivity contribution in [2.75, 3.05) is 0 Å². The monoisotopic (exact) mass is 295 g/mol. The molecule has 0 radical (unpaired) electrons. The van der Waals surface area contributed by atoms with E-state index in [1.54, 1.807) is 18.2 Å². The van der Waals surface area contributed by atoms with Gasteiger partial charge < -0.3 is 10.4 Å². The van der Waals surface area contributed by atoms with Gasteiger partial charge in [0.2, 0.25) is 0 Å². The molecule has 2 unspecified atom stereocenters. The Hall–Kier alpha value is -1.55. The normalized spacial score (nSPS) is 22.3. The van der Waals surface area contributed by atoms with Gasteiger partial charge in [-0.3, -0.25) is 9.59 Å². The minimum absolute atomic E-state index is 0.233. The second kappa shape index (κ2) is 6.27. The van der Waals surface area contributed by atoms with Gasteiger partial charge in [0.1, 0.15) is 0 Å². The number of aliphatic carboxylic acids is 1. The van der Waals surface area contributed by atoms with Crippen molar-refractivity contribution < 1.29 is 14.7 Å². The molecule has 2 atom stereocenters. The molecular weight excluding hydrogens is 278 g/mol. The highest BCUT2D eigenvalue weighted by Crippen LogP contribution is 2.25. The number of amides is 1. The first-order valence-electron chi connectivity index (χ1n) is 6.79. The van der Waals surface area contributed by atoms with Crippen LogP contribution in [0.1, 0.15) is 41.6 Å². The van der Waals surface area contributed by atoms with E-state index in [1.165, 1.54) is 0 Å². The van der Waals surface area contributed by atoms with Crippen molar-refractivity contribution in [3.63, 3.8) is 0 Å². The van der Waals surface area contributed by atoms with Crippen LogP contribution < -0.4 is 5.32 Å². The Balaban J connectivity index is 2.09. The lowest BCUT2D eigenvalue weighted by molar-refractivity contribution is -0.143. The van der Waals surface area contributed by atoms with E-state index in [9.17, 15) is 14.7 Å². The SMILES string of the molecule is Cc1cc(C(=O)NC2CCCCC2C(=O)O)ccc1Cl. The lowest BCUT2D eigenvalue weighted by atomic mass is 9.84. The Bertz CT molecular complexity index is 530. The summed E-state index contributed by atoms with van der Waals surface area (Å²) in [5.41, 5.74) is 1.35. The number of nitrogens with one attached hydrogen (secondary N) is 1. The van der Waals surface area contributed by atoms with Crippen molar-refractivity contribution in [1.29, 1.82) is 0 Å². The second-order valence-corrected chi connectivity index (χ2v) is 5.68. The standard InChI is InChI=1S/C15H18ClNO3/c1-9-8-10(6-7-12(9)16)14(18)17-13-5-3-2-4-11(13)15(19)20/h6-8,11,13H,2-5H2,1H3,(H,17,18)(H,19,20). The van der Waals surface area contributed by atoms with E-state index >= 15 is 0 Å². The van der Waals surface area contributed by atoms with E-state index in [-0.39, 0.29) is 11.9 Å². The summed E-state index contributed by atoms with van der Waals surface area (Å²) in [6.07, 6.45) is 3.20. The number of rotatable bonds is 3. The summed E-state index contributed by atoms with van der Waals surface area (Å²) in [5.74, 6) is -1.55. The summed E-state index contributed by atoms with van der Waals surface area (Å²) >= 11 is 5.93. The molecule has 0 heterocycles. The van der Waals surface area contributed by atoms with Gasteiger partial charge in [0.05, 0.1) is 5.92 Å². The Morgan fingerprint density at radius 3 is 2.65 bits per heavy atom. The molecule has 2 N–H and O–H groups in total.